The van der Waals surface area contributed by atoms with Crippen molar-refractivity contribution in [3.05, 3.63) is 39.4 Å². The zero-order valence-electron chi connectivity index (χ0n) is 11.2. The van der Waals surface area contributed by atoms with E-state index in [9.17, 15) is 23.7 Å². The van der Waals surface area contributed by atoms with Crippen molar-refractivity contribution in [2.24, 2.45) is 0 Å². The van der Waals surface area contributed by atoms with Gasteiger partial charge in [-0.05, 0) is 31.9 Å². The number of amides is 1. The van der Waals surface area contributed by atoms with Crippen LogP contribution in [-0.2, 0) is 0 Å². The number of nitro benzene ring substituents is 1. The molecule has 0 aliphatic heterocycles. The Morgan fingerprint density at radius 3 is 2.67 bits per heavy atom. The summed E-state index contributed by atoms with van der Waals surface area (Å²) in [5.41, 5.74) is -1.70. The average molecular weight is 299 g/mol. The predicted molar refractivity (Wildman–Crippen MR) is 71.0 cm³/mol. The first kappa shape index (κ1) is 15.3. The van der Waals surface area contributed by atoms with E-state index in [1.54, 1.807) is 0 Å². The topological polar surface area (TPSA) is 84.3 Å². The SMILES string of the molecule is O=C(NCCCNC1CC1)c1cc(F)cc([N+](=O)[O-])c1F. The van der Waals surface area contributed by atoms with Gasteiger partial charge in [0.2, 0.25) is 5.82 Å². The van der Waals surface area contributed by atoms with Crippen LogP contribution in [0, 0.1) is 21.7 Å². The maximum atomic E-state index is 13.8. The first-order valence-electron chi connectivity index (χ1n) is 6.64. The van der Waals surface area contributed by atoms with Crippen molar-refractivity contribution >= 4 is 11.6 Å². The summed E-state index contributed by atoms with van der Waals surface area (Å²) < 4.78 is 27.0. The highest BCUT2D eigenvalue weighted by atomic mass is 19.1. The normalized spacial score (nSPS) is 14.0. The molecule has 21 heavy (non-hydrogen) atoms. The molecule has 1 saturated carbocycles. The second-order valence-electron chi connectivity index (χ2n) is 4.88. The molecule has 0 aromatic heterocycles. The lowest BCUT2D eigenvalue weighted by Crippen LogP contribution is -2.28. The molecule has 1 aliphatic carbocycles. The zero-order valence-corrected chi connectivity index (χ0v) is 11.2. The lowest BCUT2D eigenvalue weighted by atomic mass is 10.1. The highest BCUT2D eigenvalue weighted by Gasteiger charge is 2.24. The van der Waals surface area contributed by atoms with E-state index in [0.29, 0.717) is 24.6 Å². The fraction of sp³-hybridized carbons (Fsp3) is 0.462. The van der Waals surface area contributed by atoms with Crippen LogP contribution >= 0.6 is 0 Å². The molecule has 1 amide bonds. The van der Waals surface area contributed by atoms with E-state index in [-0.39, 0.29) is 6.54 Å². The summed E-state index contributed by atoms with van der Waals surface area (Å²) in [6.45, 7) is 0.999. The van der Waals surface area contributed by atoms with Crippen molar-refractivity contribution in [3.8, 4) is 0 Å². The van der Waals surface area contributed by atoms with Crippen molar-refractivity contribution in [2.45, 2.75) is 25.3 Å². The summed E-state index contributed by atoms with van der Waals surface area (Å²) in [4.78, 5) is 21.3. The lowest BCUT2D eigenvalue weighted by molar-refractivity contribution is -0.387. The molecule has 0 saturated heterocycles. The minimum absolute atomic E-state index is 0.280. The molecule has 0 atom stereocenters. The molecule has 8 heteroatoms. The quantitative estimate of drug-likeness (QED) is 0.456. The van der Waals surface area contributed by atoms with Crippen molar-refractivity contribution in [3.63, 3.8) is 0 Å². The van der Waals surface area contributed by atoms with Crippen LogP contribution in [0.15, 0.2) is 12.1 Å². The van der Waals surface area contributed by atoms with E-state index in [1.165, 1.54) is 0 Å². The number of hydrogen-bond acceptors (Lipinski definition) is 4. The number of rotatable bonds is 7. The summed E-state index contributed by atoms with van der Waals surface area (Å²) >= 11 is 0. The molecule has 2 N–H and O–H groups in total. The summed E-state index contributed by atoms with van der Waals surface area (Å²) in [6, 6.07) is 1.66. The molecule has 0 unspecified atom stereocenters. The Bertz CT molecular complexity index is 562. The molecule has 0 radical (unpaired) electrons. The Morgan fingerprint density at radius 2 is 2.05 bits per heavy atom. The van der Waals surface area contributed by atoms with E-state index < -0.39 is 33.7 Å². The van der Waals surface area contributed by atoms with Gasteiger partial charge in [-0.2, -0.15) is 4.39 Å². The van der Waals surface area contributed by atoms with Crippen LogP contribution in [0.2, 0.25) is 0 Å². The van der Waals surface area contributed by atoms with Crippen LogP contribution in [0.4, 0.5) is 14.5 Å². The van der Waals surface area contributed by atoms with Gasteiger partial charge in [-0.1, -0.05) is 0 Å². The number of carbonyl (C=O) groups is 1. The van der Waals surface area contributed by atoms with Crippen LogP contribution in [0.1, 0.15) is 29.6 Å². The number of halogens is 2. The fourth-order valence-electron chi connectivity index (χ4n) is 1.85. The Hall–Kier alpha value is -2.09. The van der Waals surface area contributed by atoms with E-state index in [1.807, 2.05) is 0 Å². The smallest absolute Gasteiger partial charge is 0.308 e. The van der Waals surface area contributed by atoms with Gasteiger partial charge in [0, 0.05) is 12.6 Å². The zero-order chi connectivity index (χ0) is 15.4. The summed E-state index contributed by atoms with van der Waals surface area (Å²) in [7, 11) is 0. The van der Waals surface area contributed by atoms with Gasteiger partial charge in [0.25, 0.3) is 5.91 Å². The summed E-state index contributed by atoms with van der Waals surface area (Å²) in [5.74, 6) is -3.21. The molecule has 1 fully saturated rings. The maximum Gasteiger partial charge on any atom is 0.308 e. The third kappa shape index (κ3) is 4.19. The number of nitro groups is 1. The summed E-state index contributed by atoms with van der Waals surface area (Å²) in [6.07, 6.45) is 2.95. The van der Waals surface area contributed by atoms with Crippen molar-refractivity contribution in [1.29, 1.82) is 0 Å². The lowest BCUT2D eigenvalue weighted by Gasteiger charge is -2.07. The maximum absolute atomic E-state index is 13.8. The molecular weight excluding hydrogens is 284 g/mol. The van der Waals surface area contributed by atoms with Crippen molar-refractivity contribution < 1.29 is 18.5 Å². The molecule has 1 aromatic carbocycles. The van der Waals surface area contributed by atoms with Gasteiger partial charge in [-0.25, -0.2) is 4.39 Å². The molecule has 0 bridgehead atoms. The molecule has 1 aromatic rings. The van der Waals surface area contributed by atoms with Crippen LogP contribution in [0.3, 0.4) is 0 Å². The van der Waals surface area contributed by atoms with Gasteiger partial charge in [0.15, 0.2) is 0 Å². The van der Waals surface area contributed by atoms with E-state index in [2.05, 4.69) is 10.6 Å². The number of nitrogens with zero attached hydrogens (tertiary/aromatic N) is 1. The number of carbonyl (C=O) groups excluding carboxylic acids is 1. The van der Waals surface area contributed by atoms with Gasteiger partial charge in [-0.15, -0.1) is 0 Å². The second-order valence-corrected chi connectivity index (χ2v) is 4.88. The minimum atomic E-state index is -1.32. The highest BCUT2D eigenvalue weighted by molar-refractivity contribution is 5.95. The van der Waals surface area contributed by atoms with Crippen LogP contribution in [0.25, 0.3) is 0 Å². The van der Waals surface area contributed by atoms with Gasteiger partial charge >= 0.3 is 5.69 Å². The number of nitrogens with one attached hydrogen (secondary N) is 2. The third-order valence-corrected chi connectivity index (χ3v) is 3.11. The van der Waals surface area contributed by atoms with Crippen LogP contribution in [0.5, 0.6) is 0 Å². The summed E-state index contributed by atoms with van der Waals surface area (Å²) in [5, 5.41) is 16.2. The van der Waals surface area contributed by atoms with Gasteiger partial charge in [0.1, 0.15) is 5.82 Å². The van der Waals surface area contributed by atoms with E-state index in [0.717, 1.165) is 19.4 Å². The second kappa shape index (κ2) is 6.57. The number of hydrogen-bond donors (Lipinski definition) is 2. The van der Waals surface area contributed by atoms with E-state index >= 15 is 0 Å². The first-order valence-corrected chi connectivity index (χ1v) is 6.64. The van der Waals surface area contributed by atoms with Crippen LogP contribution in [-0.4, -0.2) is 30.0 Å². The Labute approximate surface area is 119 Å². The molecular formula is C13H15F2N3O3. The Kier molecular flexibility index (Phi) is 4.79. The minimum Gasteiger partial charge on any atom is -0.352 e. The van der Waals surface area contributed by atoms with E-state index in [4.69, 9.17) is 0 Å². The monoisotopic (exact) mass is 299 g/mol. The first-order chi connectivity index (χ1) is 9.99. The van der Waals surface area contributed by atoms with Crippen molar-refractivity contribution in [2.75, 3.05) is 13.1 Å². The van der Waals surface area contributed by atoms with Crippen molar-refractivity contribution in [1.82, 2.24) is 10.6 Å². The van der Waals surface area contributed by atoms with Gasteiger partial charge in [0.05, 0.1) is 16.6 Å². The molecule has 6 nitrogen and oxygen atoms in total. The Morgan fingerprint density at radius 1 is 1.33 bits per heavy atom. The molecule has 2 rings (SSSR count). The predicted octanol–water partition coefficient (Wildman–Crippen LogP) is 1.74. The van der Waals surface area contributed by atoms with Gasteiger partial charge < -0.3 is 10.6 Å². The Balaban J connectivity index is 1.92. The van der Waals surface area contributed by atoms with Gasteiger partial charge in [-0.3, -0.25) is 14.9 Å². The standard InChI is InChI=1S/C13H15F2N3O3/c14-8-6-10(12(15)11(7-8)18(20)21)13(19)17-5-1-4-16-9-2-3-9/h6-7,9,16H,1-5H2,(H,17,19). The number of benzene rings is 1. The molecule has 0 spiro atoms. The fourth-order valence-corrected chi connectivity index (χ4v) is 1.85. The molecule has 114 valence electrons. The highest BCUT2D eigenvalue weighted by Crippen LogP contribution is 2.22. The molecule has 1 aliphatic rings. The molecule has 0 heterocycles. The third-order valence-electron chi connectivity index (χ3n) is 3.11. The van der Waals surface area contributed by atoms with Crippen LogP contribution < -0.4 is 10.6 Å². The average Bonchev–Trinajstić information content (AvgIpc) is 3.24. The largest absolute Gasteiger partial charge is 0.352 e.